The fourth-order valence-corrected chi connectivity index (χ4v) is 2.00. The summed E-state index contributed by atoms with van der Waals surface area (Å²) in [6.07, 6.45) is -4.71. The van der Waals surface area contributed by atoms with Crippen LogP contribution in [0, 0.1) is 0 Å². The van der Waals surface area contributed by atoms with Gasteiger partial charge in [-0.25, -0.2) is 4.79 Å². The topological polar surface area (TPSA) is 52.3 Å². The molecule has 1 rings (SSSR count). The SMILES string of the molecule is CCOC(=O)C(F)(F)[C@H](N)c1cc(C(F)(F)F)ccc1Br.Cl. The highest BCUT2D eigenvalue weighted by atomic mass is 79.9. The third-order valence-electron chi connectivity index (χ3n) is 2.60. The molecule has 0 aliphatic rings. The molecular formula is C12H12BrClF5NO2. The lowest BCUT2D eigenvalue weighted by Gasteiger charge is -2.23. The van der Waals surface area contributed by atoms with Crippen LogP contribution < -0.4 is 5.73 Å². The van der Waals surface area contributed by atoms with Gasteiger partial charge in [-0.1, -0.05) is 15.9 Å². The van der Waals surface area contributed by atoms with Crippen LogP contribution >= 0.6 is 28.3 Å². The minimum absolute atomic E-state index is 0. The lowest BCUT2D eigenvalue weighted by molar-refractivity contribution is -0.174. The first kappa shape index (κ1) is 21.1. The number of carbonyl (C=O) groups is 1. The molecule has 0 aliphatic heterocycles. The van der Waals surface area contributed by atoms with Crippen molar-refractivity contribution in [1.29, 1.82) is 0 Å². The number of rotatable bonds is 4. The van der Waals surface area contributed by atoms with E-state index >= 15 is 0 Å². The summed E-state index contributed by atoms with van der Waals surface area (Å²) >= 11 is 2.85. The number of hydrogen-bond donors (Lipinski definition) is 1. The number of esters is 1. The van der Waals surface area contributed by atoms with Crippen molar-refractivity contribution in [2.75, 3.05) is 6.61 Å². The standard InChI is InChI=1S/C12H11BrF5NO2.ClH/c1-2-21-10(20)11(14,15)9(19)7-5-6(12(16,17)18)3-4-8(7)13;/h3-5,9H,2,19H2,1H3;1H/t9-;/m1./s1. The molecule has 0 radical (unpaired) electrons. The highest BCUT2D eigenvalue weighted by Crippen LogP contribution is 2.38. The molecule has 0 bridgehead atoms. The molecule has 10 heteroatoms. The molecule has 1 aromatic carbocycles. The molecule has 0 saturated carbocycles. The molecule has 2 N–H and O–H groups in total. The summed E-state index contributed by atoms with van der Waals surface area (Å²) in [5.41, 5.74) is 3.59. The van der Waals surface area contributed by atoms with Gasteiger partial charge in [0.2, 0.25) is 0 Å². The van der Waals surface area contributed by atoms with Gasteiger partial charge >= 0.3 is 18.1 Å². The number of ether oxygens (including phenoxy) is 1. The van der Waals surface area contributed by atoms with Crippen molar-refractivity contribution >= 4 is 34.3 Å². The van der Waals surface area contributed by atoms with Crippen LogP contribution in [0.4, 0.5) is 22.0 Å². The van der Waals surface area contributed by atoms with E-state index in [0.29, 0.717) is 12.1 Å². The minimum Gasteiger partial charge on any atom is -0.462 e. The third-order valence-corrected chi connectivity index (χ3v) is 3.32. The van der Waals surface area contributed by atoms with Gasteiger partial charge in [-0.2, -0.15) is 22.0 Å². The molecule has 126 valence electrons. The third kappa shape index (κ3) is 4.53. The number of nitrogens with two attached hydrogens (primary N) is 1. The monoisotopic (exact) mass is 411 g/mol. The van der Waals surface area contributed by atoms with Crippen molar-refractivity contribution in [3.8, 4) is 0 Å². The second kappa shape index (κ2) is 7.56. The van der Waals surface area contributed by atoms with E-state index in [1.54, 1.807) is 0 Å². The maximum atomic E-state index is 13.8. The summed E-state index contributed by atoms with van der Waals surface area (Å²) in [6.45, 7) is 1.02. The molecule has 0 unspecified atom stereocenters. The van der Waals surface area contributed by atoms with E-state index in [2.05, 4.69) is 20.7 Å². The minimum atomic E-state index is -4.71. The Kier molecular flexibility index (Phi) is 7.24. The summed E-state index contributed by atoms with van der Waals surface area (Å²) in [7, 11) is 0. The van der Waals surface area contributed by atoms with Gasteiger partial charge in [0.1, 0.15) is 6.04 Å². The number of carbonyl (C=O) groups excluding carboxylic acids is 1. The van der Waals surface area contributed by atoms with E-state index < -0.39 is 35.2 Å². The summed E-state index contributed by atoms with van der Waals surface area (Å²) < 4.78 is 69.5. The zero-order valence-electron chi connectivity index (χ0n) is 11.1. The molecule has 0 amide bonds. The average molecular weight is 413 g/mol. The molecule has 0 spiro atoms. The Hall–Kier alpha value is -0.930. The number of alkyl halides is 5. The van der Waals surface area contributed by atoms with Crippen LogP contribution in [-0.4, -0.2) is 18.5 Å². The lowest BCUT2D eigenvalue weighted by atomic mass is 9.99. The largest absolute Gasteiger partial charge is 0.462 e. The van der Waals surface area contributed by atoms with E-state index in [1.165, 1.54) is 6.92 Å². The predicted molar refractivity (Wildman–Crippen MR) is 74.9 cm³/mol. The van der Waals surface area contributed by atoms with Gasteiger partial charge in [0.05, 0.1) is 12.2 Å². The van der Waals surface area contributed by atoms with Gasteiger partial charge in [-0.3, -0.25) is 0 Å². The molecule has 0 fully saturated rings. The van der Waals surface area contributed by atoms with Gasteiger partial charge in [0.15, 0.2) is 0 Å². The number of benzene rings is 1. The Balaban J connectivity index is 0.00000441. The maximum Gasteiger partial charge on any atom is 0.416 e. The Morgan fingerprint density at radius 3 is 2.32 bits per heavy atom. The smallest absolute Gasteiger partial charge is 0.416 e. The Morgan fingerprint density at radius 2 is 1.86 bits per heavy atom. The zero-order valence-corrected chi connectivity index (χ0v) is 13.5. The zero-order chi connectivity index (χ0) is 16.4. The van der Waals surface area contributed by atoms with Gasteiger partial charge < -0.3 is 10.5 Å². The molecule has 0 saturated heterocycles. The fraction of sp³-hybridized carbons (Fsp3) is 0.417. The molecule has 3 nitrogen and oxygen atoms in total. The van der Waals surface area contributed by atoms with Crippen LogP contribution in [-0.2, 0) is 15.7 Å². The van der Waals surface area contributed by atoms with Crippen molar-refractivity contribution in [3.05, 3.63) is 33.8 Å². The van der Waals surface area contributed by atoms with E-state index in [1.807, 2.05) is 0 Å². The summed E-state index contributed by atoms with van der Waals surface area (Å²) in [5.74, 6) is -6.04. The first-order chi connectivity index (χ1) is 9.51. The van der Waals surface area contributed by atoms with E-state index in [0.717, 1.165) is 6.07 Å². The molecule has 22 heavy (non-hydrogen) atoms. The first-order valence-electron chi connectivity index (χ1n) is 5.69. The maximum absolute atomic E-state index is 13.8. The van der Waals surface area contributed by atoms with Crippen molar-refractivity contribution in [3.63, 3.8) is 0 Å². The highest BCUT2D eigenvalue weighted by Gasteiger charge is 2.48. The van der Waals surface area contributed by atoms with Gasteiger partial charge in [0.25, 0.3) is 0 Å². The van der Waals surface area contributed by atoms with Crippen LogP contribution in [0.5, 0.6) is 0 Å². The lowest BCUT2D eigenvalue weighted by Crippen LogP contribution is -2.42. The van der Waals surface area contributed by atoms with Crippen LogP contribution in [0.2, 0.25) is 0 Å². The molecule has 0 aromatic heterocycles. The first-order valence-corrected chi connectivity index (χ1v) is 6.48. The second-order valence-corrected chi connectivity index (χ2v) is 4.91. The van der Waals surface area contributed by atoms with Gasteiger partial charge in [0, 0.05) is 4.47 Å². The normalized spacial score (nSPS) is 13.3. The van der Waals surface area contributed by atoms with Crippen molar-refractivity contribution in [2.24, 2.45) is 5.73 Å². The van der Waals surface area contributed by atoms with Crippen LogP contribution in [0.1, 0.15) is 24.1 Å². The average Bonchev–Trinajstić information content (AvgIpc) is 2.37. The number of halogens is 7. The van der Waals surface area contributed by atoms with E-state index in [-0.39, 0.29) is 23.5 Å². The van der Waals surface area contributed by atoms with Crippen molar-refractivity contribution < 1.29 is 31.5 Å². The Bertz CT molecular complexity index is 539. The predicted octanol–water partition coefficient (Wildman–Crippen LogP) is 4.09. The molecule has 1 aromatic rings. The fourth-order valence-electron chi connectivity index (χ4n) is 1.51. The van der Waals surface area contributed by atoms with Gasteiger partial charge in [-0.05, 0) is 30.7 Å². The van der Waals surface area contributed by atoms with Gasteiger partial charge in [-0.15, -0.1) is 12.4 Å². The highest BCUT2D eigenvalue weighted by molar-refractivity contribution is 9.10. The van der Waals surface area contributed by atoms with Crippen molar-refractivity contribution in [1.82, 2.24) is 0 Å². The van der Waals surface area contributed by atoms with E-state index in [9.17, 15) is 26.7 Å². The molecule has 1 atom stereocenters. The van der Waals surface area contributed by atoms with Crippen molar-refractivity contribution in [2.45, 2.75) is 25.1 Å². The van der Waals surface area contributed by atoms with E-state index in [4.69, 9.17) is 5.73 Å². The quantitative estimate of drug-likeness (QED) is 0.599. The molecular weight excluding hydrogens is 400 g/mol. The molecule has 0 aliphatic carbocycles. The second-order valence-electron chi connectivity index (χ2n) is 4.06. The van der Waals surface area contributed by atoms with Crippen LogP contribution in [0.15, 0.2) is 22.7 Å². The molecule has 0 heterocycles. The summed E-state index contributed by atoms with van der Waals surface area (Å²) in [4.78, 5) is 11.2. The Morgan fingerprint density at radius 1 is 1.32 bits per heavy atom. The number of hydrogen-bond acceptors (Lipinski definition) is 3. The summed E-state index contributed by atoms with van der Waals surface area (Å²) in [5, 5.41) is 0. The Labute approximate surface area is 137 Å². The van der Waals surface area contributed by atoms with Crippen LogP contribution in [0.25, 0.3) is 0 Å². The summed E-state index contributed by atoms with van der Waals surface area (Å²) in [6, 6.07) is -0.141. The van der Waals surface area contributed by atoms with Crippen LogP contribution in [0.3, 0.4) is 0 Å².